The van der Waals surface area contributed by atoms with Gasteiger partial charge >= 0.3 is 5.97 Å². The number of hydrogen-bond donors (Lipinski definition) is 3. The zero-order chi connectivity index (χ0) is 15.0. The number of aryl methyl sites for hydroxylation is 1. The Morgan fingerprint density at radius 3 is 2.60 bits per heavy atom. The summed E-state index contributed by atoms with van der Waals surface area (Å²) in [7, 11) is 0. The van der Waals surface area contributed by atoms with Gasteiger partial charge in [-0.15, -0.1) is 23.1 Å². The molecule has 0 fully saturated rings. The van der Waals surface area contributed by atoms with E-state index in [0.29, 0.717) is 5.75 Å². The monoisotopic (exact) mass is 317 g/mol. The summed E-state index contributed by atoms with van der Waals surface area (Å²) >= 11 is 2.96. The van der Waals surface area contributed by atoms with Crippen LogP contribution < -0.4 is 10.6 Å². The first-order valence-corrected chi connectivity index (χ1v) is 7.74. The topological polar surface area (TPSA) is 108 Å². The predicted octanol–water partition coefficient (Wildman–Crippen LogP) is 0.00172. The number of carbonyl (C=O) groups is 3. The van der Waals surface area contributed by atoms with Crippen molar-refractivity contribution in [2.75, 3.05) is 18.8 Å². The second-order valence-electron chi connectivity index (χ2n) is 3.80. The Hall–Kier alpha value is -1.61. The second kappa shape index (κ2) is 8.54. The van der Waals surface area contributed by atoms with Gasteiger partial charge in [-0.05, 0) is 6.92 Å². The maximum atomic E-state index is 11.4. The maximum absolute atomic E-state index is 11.4. The molecule has 0 aliphatic rings. The predicted molar refractivity (Wildman–Crippen MR) is 76.7 cm³/mol. The molecule has 2 amide bonds. The third-order valence-electron chi connectivity index (χ3n) is 2.03. The van der Waals surface area contributed by atoms with Gasteiger partial charge in [0.2, 0.25) is 11.8 Å². The number of hydrogen-bond acceptors (Lipinski definition) is 6. The van der Waals surface area contributed by atoms with Crippen molar-refractivity contribution in [3.63, 3.8) is 0 Å². The molecule has 1 aromatic heterocycles. The van der Waals surface area contributed by atoms with Crippen molar-refractivity contribution in [3.05, 3.63) is 16.1 Å². The van der Waals surface area contributed by atoms with Crippen LogP contribution in [0.5, 0.6) is 0 Å². The van der Waals surface area contributed by atoms with Crippen molar-refractivity contribution in [1.29, 1.82) is 0 Å². The number of carboxylic acids is 1. The highest BCUT2D eigenvalue weighted by Gasteiger charge is 2.07. The molecule has 0 bridgehead atoms. The summed E-state index contributed by atoms with van der Waals surface area (Å²) < 4.78 is 0. The SMILES string of the molecule is Cc1nc(CSCC(=O)NCC(=O)NCC(=O)O)cs1. The third kappa shape index (κ3) is 7.10. The number of carboxylic acid groups (broad SMARTS) is 1. The molecule has 0 saturated heterocycles. The van der Waals surface area contributed by atoms with Crippen LogP contribution in [0, 0.1) is 6.92 Å². The molecule has 0 radical (unpaired) electrons. The zero-order valence-corrected chi connectivity index (χ0v) is 12.5. The van der Waals surface area contributed by atoms with Crippen LogP contribution >= 0.6 is 23.1 Å². The number of rotatable bonds is 8. The lowest BCUT2D eigenvalue weighted by Gasteiger charge is -2.04. The highest BCUT2D eigenvalue weighted by Crippen LogP contribution is 2.14. The van der Waals surface area contributed by atoms with E-state index in [2.05, 4.69) is 15.6 Å². The van der Waals surface area contributed by atoms with Gasteiger partial charge in [0.05, 0.1) is 23.0 Å². The molecular formula is C11H15N3O4S2. The van der Waals surface area contributed by atoms with E-state index in [0.717, 1.165) is 10.7 Å². The molecule has 0 aromatic carbocycles. The molecule has 0 spiro atoms. The van der Waals surface area contributed by atoms with Gasteiger partial charge in [0.1, 0.15) is 6.54 Å². The minimum atomic E-state index is -1.13. The number of aromatic nitrogens is 1. The van der Waals surface area contributed by atoms with Crippen molar-refractivity contribution in [2.45, 2.75) is 12.7 Å². The Balaban J connectivity index is 2.11. The molecule has 0 unspecified atom stereocenters. The molecule has 0 atom stereocenters. The van der Waals surface area contributed by atoms with Crippen LogP contribution in [0.1, 0.15) is 10.7 Å². The van der Waals surface area contributed by atoms with Gasteiger partial charge in [-0.3, -0.25) is 14.4 Å². The van der Waals surface area contributed by atoms with Gasteiger partial charge in [-0.25, -0.2) is 4.98 Å². The van der Waals surface area contributed by atoms with E-state index in [9.17, 15) is 14.4 Å². The van der Waals surface area contributed by atoms with Gasteiger partial charge in [0.15, 0.2) is 0 Å². The first-order valence-electron chi connectivity index (χ1n) is 5.71. The summed E-state index contributed by atoms with van der Waals surface area (Å²) in [5.74, 6) is -1.06. The fourth-order valence-electron chi connectivity index (χ4n) is 1.19. The lowest BCUT2D eigenvalue weighted by atomic mass is 10.5. The highest BCUT2D eigenvalue weighted by molar-refractivity contribution is 7.99. The molecule has 20 heavy (non-hydrogen) atoms. The maximum Gasteiger partial charge on any atom is 0.322 e. The zero-order valence-electron chi connectivity index (χ0n) is 10.8. The van der Waals surface area contributed by atoms with E-state index in [-0.39, 0.29) is 18.2 Å². The molecule has 1 rings (SSSR count). The molecule has 7 nitrogen and oxygen atoms in total. The van der Waals surface area contributed by atoms with Gasteiger partial charge in [0, 0.05) is 11.1 Å². The van der Waals surface area contributed by atoms with Crippen LogP contribution in [-0.4, -0.2) is 46.7 Å². The summed E-state index contributed by atoms with van der Waals surface area (Å²) in [6.07, 6.45) is 0. The molecule has 0 aliphatic carbocycles. The van der Waals surface area contributed by atoms with Gasteiger partial charge in [-0.1, -0.05) is 0 Å². The smallest absolute Gasteiger partial charge is 0.322 e. The van der Waals surface area contributed by atoms with Crippen molar-refractivity contribution in [2.24, 2.45) is 0 Å². The number of aliphatic carboxylic acids is 1. The number of amides is 2. The van der Waals surface area contributed by atoms with E-state index in [4.69, 9.17) is 5.11 Å². The molecule has 0 aliphatic heterocycles. The van der Waals surface area contributed by atoms with Crippen LogP contribution in [0.15, 0.2) is 5.38 Å². The van der Waals surface area contributed by atoms with Crippen LogP contribution in [0.3, 0.4) is 0 Å². The van der Waals surface area contributed by atoms with Gasteiger partial charge < -0.3 is 15.7 Å². The fourth-order valence-corrected chi connectivity index (χ4v) is 2.65. The van der Waals surface area contributed by atoms with Crippen LogP contribution in [0.25, 0.3) is 0 Å². The number of nitrogens with one attached hydrogen (secondary N) is 2. The lowest BCUT2D eigenvalue weighted by molar-refractivity contribution is -0.137. The van der Waals surface area contributed by atoms with Crippen molar-refractivity contribution < 1.29 is 19.5 Å². The quantitative estimate of drug-likeness (QED) is 0.623. The second-order valence-corrected chi connectivity index (χ2v) is 5.85. The summed E-state index contributed by atoms with van der Waals surface area (Å²) in [5.41, 5.74) is 0.935. The molecule has 9 heteroatoms. The van der Waals surface area contributed by atoms with E-state index in [1.165, 1.54) is 11.8 Å². The summed E-state index contributed by atoms with van der Waals surface area (Å²) in [6, 6.07) is 0. The average Bonchev–Trinajstić information content (AvgIpc) is 2.79. The number of carbonyl (C=O) groups excluding carboxylic acids is 2. The van der Waals surface area contributed by atoms with Gasteiger partial charge in [-0.2, -0.15) is 0 Å². The van der Waals surface area contributed by atoms with Gasteiger partial charge in [0.25, 0.3) is 0 Å². The van der Waals surface area contributed by atoms with E-state index in [1.54, 1.807) is 11.3 Å². The molecule has 0 saturated carbocycles. The first-order chi connectivity index (χ1) is 9.47. The summed E-state index contributed by atoms with van der Waals surface area (Å²) in [6.45, 7) is 1.25. The summed E-state index contributed by atoms with van der Waals surface area (Å²) in [5, 5.41) is 15.9. The molecule has 110 valence electrons. The first kappa shape index (κ1) is 16.4. The Bertz CT molecular complexity index is 490. The van der Waals surface area contributed by atoms with E-state index < -0.39 is 18.4 Å². The van der Waals surface area contributed by atoms with E-state index in [1.807, 2.05) is 12.3 Å². The van der Waals surface area contributed by atoms with Crippen molar-refractivity contribution in [1.82, 2.24) is 15.6 Å². The van der Waals surface area contributed by atoms with Crippen LogP contribution in [0.2, 0.25) is 0 Å². The Labute approximate surface area is 124 Å². The third-order valence-corrected chi connectivity index (χ3v) is 3.82. The molecule has 1 aromatic rings. The number of thioether (sulfide) groups is 1. The summed E-state index contributed by atoms with van der Waals surface area (Å²) in [4.78, 5) is 37.1. The van der Waals surface area contributed by atoms with E-state index >= 15 is 0 Å². The minimum absolute atomic E-state index is 0.220. The lowest BCUT2D eigenvalue weighted by Crippen LogP contribution is -2.39. The van der Waals surface area contributed by atoms with Crippen molar-refractivity contribution >= 4 is 40.9 Å². The number of nitrogens with zero attached hydrogens (tertiary/aromatic N) is 1. The molecule has 1 heterocycles. The fraction of sp³-hybridized carbons (Fsp3) is 0.455. The largest absolute Gasteiger partial charge is 0.480 e. The van der Waals surface area contributed by atoms with Crippen molar-refractivity contribution in [3.8, 4) is 0 Å². The van der Waals surface area contributed by atoms with Crippen LogP contribution in [-0.2, 0) is 20.1 Å². The number of thiazole rings is 1. The normalized spacial score (nSPS) is 10.1. The molecule has 3 N–H and O–H groups in total. The highest BCUT2D eigenvalue weighted by atomic mass is 32.2. The Morgan fingerprint density at radius 2 is 2.00 bits per heavy atom. The van der Waals surface area contributed by atoms with Crippen LogP contribution in [0.4, 0.5) is 0 Å². The average molecular weight is 317 g/mol. The Kier molecular flexibility index (Phi) is 7.02. The standard InChI is InChI=1S/C11H15N3O4S2/c1-7-14-8(5-20-7)4-19-6-10(16)12-2-9(15)13-3-11(17)18/h5H,2-4,6H2,1H3,(H,12,16)(H,13,15)(H,17,18). The molecular weight excluding hydrogens is 302 g/mol. The minimum Gasteiger partial charge on any atom is -0.480 e. The Morgan fingerprint density at radius 1 is 1.30 bits per heavy atom.